The van der Waals surface area contributed by atoms with Crippen LogP contribution in [-0.2, 0) is 21.2 Å². The van der Waals surface area contributed by atoms with Crippen molar-refractivity contribution in [1.82, 2.24) is 19.8 Å². The summed E-state index contributed by atoms with van der Waals surface area (Å²) in [6.45, 7) is 7.15. The van der Waals surface area contributed by atoms with E-state index in [-0.39, 0.29) is 22.3 Å². The molecule has 9 nitrogen and oxygen atoms in total. The Hall–Kier alpha value is -2.30. The van der Waals surface area contributed by atoms with Gasteiger partial charge in [-0.05, 0) is 42.9 Å². The Morgan fingerprint density at radius 3 is 2.59 bits per heavy atom. The van der Waals surface area contributed by atoms with Crippen LogP contribution in [0.15, 0.2) is 27.6 Å². The normalized spacial score (nSPS) is 18.6. The first kappa shape index (κ1) is 22.9. The molecule has 174 valence electrons. The van der Waals surface area contributed by atoms with Crippen LogP contribution in [0.25, 0.3) is 0 Å². The summed E-state index contributed by atoms with van der Waals surface area (Å²) < 4.78 is 38.7. The Kier molecular flexibility index (Phi) is 6.64. The fourth-order valence-electron chi connectivity index (χ4n) is 3.77. The van der Waals surface area contributed by atoms with E-state index >= 15 is 0 Å². The lowest BCUT2D eigenvalue weighted by atomic mass is 10.0. The molecule has 2 fully saturated rings. The minimum atomic E-state index is -3.72. The summed E-state index contributed by atoms with van der Waals surface area (Å²) in [6.07, 6.45) is 2.66. The molecule has 1 saturated heterocycles. The van der Waals surface area contributed by atoms with Gasteiger partial charge in [0.1, 0.15) is 6.04 Å². The maximum absolute atomic E-state index is 13.3. The molecule has 2 aliphatic rings. The minimum absolute atomic E-state index is 0.0120. The number of carbonyl (C=O) groups excluding carboxylic acids is 1. The van der Waals surface area contributed by atoms with E-state index in [0.717, 1.165) is 12.8 Å². The van der Waals surface area contributed by atoms with E-state index in [4.69, 9.17) is 9.26 Å². The Balaban J connectivity index is 1.59. The van der Waals surface area contributed by atoms with Gasteiger partial charge in [-0.15, -0.1) is 0 Å². The average Bonchev–Trinajstić information content (AvgIpc) is 3.54. The van der Waals surface area contributed by atoms with E-state index in [1.807, 2.05) is 20.8 Å². The molecule has 10 heteroatoms. The SMILES string of the molecule is CCc1ccc(C(=O)NC(c2nc(C3CC3)no2)C(C)C)cc1S(=O)(=O)N1CCOCC1. The number of nitrogens with zero attached hydrogens (tertiary/aromatic N) is 3. The standard InChI is InChI=1S/C22H30N4O5S/c1-4-15-5-8-17(13-18(15)32(28,29)26-9-11-30-12-10-26)21(27)23-19(14(2)3)22-24-20(25-31-22)16-6-7-16/h5,8,13-14,16,19H,4,6-7,9-12H2,1-3H3,(H,23,27). The highest BCUT2D eigenvalue weighted by atomic mass is 32.2. The Labute approximate surface area is 188 Å². The number of sulfonamides is 1. The molecule has 1 saturated carbocycles. The van der Waals surface area contributed by atoms with Crippen molar-refractivity contribution in [3.8, 4) is 0 Å². The van der Waals surface area contributed by atoms with Gasteiger partial charge < -0.3 is 14.6 Å². The molecule has 1 atom stereocenters. The van der Waals surface area contributed by atoms with Crippen molar-refractivity contribution in [2.45, 2.75) is 56.9 Å². The van der Waals surface area contributed by atoms with Gasteiger partial charge in [-0.1, -0.05) is 32.0 Å². The Morgan fingerprint density at radius 2 is 1.97 bits per heavy atom. The highest BCUT2D eigenvalue weighted by Crippen LogP contribution is 2.38. The molecule has 1 unspecified atom stereocenters. The second-order valence-electron chi connectivity index (χ2n) is 8.65. The monoisotopic (exact) mass is 462 g/mol. The molecule has 0 spiro atoms. The van der Waals surface area contributed by atoms with Crippen molar-refractivity contribution in [2.75, 3.05) is 26.3 Å². The number of hydrogen-bond donors (Lipinski definition) is 1. The number of aryl methyl sites for hydroxylation is 1. The molecule has 1 aliphatic carbocycles. The zero-order valence-corrected chi connectivity index (χ0v) is 19.5. The summed E-state index contributed by atoms with van der Waals surface area (Å²) in [4.78, 5) is 17.8. The lowest BCUT2D eigenvalue weighted by Crippen LogP contribution is -2.41. The molecule has 0 radical (unpaired) electrons. The molecule has 32 heavy (non-hydrogen) atoms. The van der Waals surface area contributed by atoms with Crippen molar-refractivity contribution >= 4 is 15.9 Å². The summed E-state index contributed by atoms with van der Waals surface area (Å²) in [6, 6.07) is 4.38. The molecule has 1 amide bonds. The van der Waals surface area contributed by atoms with Gasteiger partial charge in [0, 0.05) is 24.6 Å². The second kappa shape index (κ2) is 9.29. The lowest BCUT2D eigenvalue weighted by Gasteiger charge is -2.27. The average molecular weight is 463 g/mol. The summed E-state index contributed by atoms with van der Waals surface area (Å²) in [7, 11) is -3.72. The second-order valence-corrected chi connectivity index (χ2v) is 10.6. The van der Waals surface area contributed by atoms with Crippen LogP contribution in [0.5, 0.6) is 0 Å². The largest absolute Gasteiger partial charge is 0.379 e. The third kappa shape index (κ3) is 4.72. The summed E-state index contributed by atoms with van der Waals surface area (Å²) in [5.74, 6) is 1.05. The number of carbonyl (C=O) groups is 1. The van der Waals surface area contributed by atoms with E-state index in [1.54, 1.807) is 12.1 Å². The van der Waals surface area contributed by atoms with E-state index in [2.05, 4.69) is 15.5 Å². The predicted octanol–water partition coefficient (Wildman–Crippen LogP) is 2.66. The first-order valence-corrected chi connectivity index (χ1v) is 12.6. The van der Waals surface area contributed by atoms with Crippen LogP contribution in [0.1, 0.15) is 73.2 Å². The molecule has 1 aliphatic heterocycles. The highest BCUT2D eigenvalue weighted by Gasteiger charge is 2.33. The first-order valence-electron chi connectivity index (χ1n) is 11.2. The van der Waals surface area contributed by atoms with Crippen molar-refractivity contribution in [3.63, 3.8) is 0 Å². The number of aromatic nitrogens is 2. The zero-order chi connectivity index (χ0) is 22.9. The summed E-state index contributed by atoms with van der Waals surface area (Å²) >= 11 is 0. The van der Waals surface area contributed by atoms with E-state index in [9.17, 15) is 13.2 Å². The van der Waals surface area contributed by atoms with Crippen molar-refractivity contribution < 1.29 is 22.5 Å². The number of benzene rings is 1. The van der Waals surface area contributed by atoms with Crippen molar-refractivity contribution in [2.24, 2.45) is 5.92 Å². The Bertz CT molecular complexity index is 1070. The zero-order valence-electron chi connectivity index (χ0n) is 18.7. The fourth-order valence-corrected chi connectivity index (χ4v) is 5.50. The van der Waals surface area contributed by atoms with E-state index in [0.29, 0.717) is 55.9 Å². The summed E-state index contributed by atoms with van der Waals surface area (Å²) in [5, 5.41) is 7.00. The van der Waals surface area contributed by atoms with Crippen LogP contribution >= 0.6 is 0 Å². The van der Waals surface area contributed by atoms with Gasteiger partial charge in [-0.25, -0.2) is 8.42 Å². The van der Waals surface area contributed by atoms with Crippen molar-refractivity contribution in [1.29, 1.82) is 0 Å². The minimum Gasteiger partial charge on any atom is -0.379 e. The number of nitrogens with one attached hydrogen (secondary N) is 1. The van der Waals surface area contributed by atoms with Gasteiger partial charge in [0.2, 0.25) is 15.9 Å². The van der Waals surface area contributed by atoms with Gasteiger partial charge in [0.25, 0.3) is 5.91 Å². The summed E-state index contributed by atoms with van der Waals surface area (Å²) in [5.41, 5.74) is 0.959. The number of rotatable bonds is 8. The van der Waals surface area contributed by atoms with Crippen LogP contribution in [0, 0.1) is 5.92 Å². The first-order chi connectivity index (χ1) is 15.3. The molecule has 4 rings (SSSR count). The fraction of sp³-hybridized carbons (Fsp3) is 0.591. The van der Waals surface area contributed by atoms with Crippen LogP contribution < -0.4 is 5.32 Å². The van der Waals surface area contributed by atoms with Crippen molar-refractivity contribution in [3.05, 3.63) is 41.0 Å². The van der Waals surface area contributed by atoms with Crippen LogP contribution in [0.3, 0.4) is 0 Å². The van der Waals surface area contributed by atoms with Gasteiger partial charge in [0.05, 0.1) is 18.1 Å². The predicted molar refractivity (Wildman–Crippen MR) is 117 cm³/mol. The third-order valence-electron chi connectivity index (χ3n) is 5.92. The van der Waals surface area contributed by atoms with Gasteiger partial charge in [0.15, 0.2) is 5.82 Å². The number of ether oxygens (including phenoxy) is 1. The molecule has 2 heterocycles. The van der Waals surface area contributed by atoms with Gasteiger partial charge in [-0.3, -0.25) is 4.79 Å². The highest BCUT2D eigenvalue weighted by molar-refractivity contribution is 7.89. The molecular weight excluding hydrogens is 432 g/mol. The number of morpholine rings is 1. The lowest BCUT2D eigenvalue weighted by molar-refractivity contribution is 0.0730. The number of amides is 1. The molecule has 0 bridgehead atoms. The van der Waals surface area contributed by atoms with Crippen LogP contribution in [0.2, 0.25) is 0 Å². The molecule has 1 N–H and O–H groups in total. The maximum Gasteiger partial charge on any atom is 0.251 e. The Morgan fingerprint density at radius 1 is 1.25 bits per heavy atom. The van der Waals surface area contributed by atoms with Crippen LogP contribution in [0.4, 0.5) is 0 Å². The van der Waals surface area contributed by atoms with Gasteiger partial charge in [-0.2, -0.15) is 9.29 Å². The quantitative estimate of drug-likeness (QED) is 0.641. The van der Waals surface area contributed by atoms with Gasteiger partial charge >= 0.3 is 0 Å². The topological polar surface area (TPSA) is 115 Å². The van der Waals surface area contributed by atoms with E-state index in [1.165, 1.54) is 10.4 Å². The smallest absolute Gasteiger partial charge is 0.251 e. The number of hydrogen-bond acceptors (Lipinski definition) is 7. The van der Waals surface area contributed by atoms with Crippen LogP contribution in [-0.4, -0.2) is 55.1 Å². The van der Waals surface area contributed by atoms with E-state index < -0.39 is 16.1 Å². The third-order valence-corrected chi connectivity index (χ3v) is 7.90. The maximum atomic E-state index is 13.3. The molecule has 1 aromatic carbocycles. The molecule has 2 aromatic rings. The molecular formula is C22H30N4O5S. The molecule has 1 aromatic heterocycles.